The van der Waals surface area contributed by atoms with Crippen molar-refractivity contribution in [3.8, 4) is 5.75 Å². The lowest BCUT2D eigenvalue weighted by Gasteiger charge is -2.17. The molecule has 0 fully saturated rings. The molecule has 0 saturated heterocycles. The van der Waals surface area contributed by atoms with Gasteiger partial charge < -0.3 is 19.5 Å². The van der Waals surface area contributed by atoms with Crippen LogP contribution < -0.4 is 14.4 Å². The molecule has 4 aromatic rings. The van der Waals surface area contributed by atoms with E-state index in [0.29, 0.717) is 23.4 Å². The standard InChI is InChI=1S/C26H25ClN6O8S/c1-30(2)7-8-41-16-3-4-20-15(9-16)10-21(29-20)26(34)31-6-5-17-18-12-25(42(39,40)28-14-27)24(33(37)38)11-19(18)23(32(35)36)13-22(17)31/h3-4,9-13,28-29H,5-8,14H2,1-2H3. The zero-order chi connectivity index (χ0) is 30.3. The Morgan fingerprint density at radius 1 is 1.10 bits per heavy atom. The maximum atomic E-state index is 13.7. The molecule has 0 radical (unpaired) electrons. The number of anilines is 1. The van der Waals surface area contributed by atoms with Crippen molar-refractivity contribution in [1.29, 1.82) is 0 Å². The minimum Gasteiger partial charge on any atom is -0.492 e. The number of benzene rings is 3. The number of nitro groups is 2. The summed E-state index contributed by atoms with van der Waals surface area (Å²) < 4.78 is 33.3. The molecule has 1 aliphatic heterocycles. The van der Waals surface area contributed by atoms with E-state index in [9.17, 15) is 33.4 Å². The first kappa shape index (κ1) is 29.2. The van der Waals surface area contributed by atoms with Crippen molar-refractivity contribution in [2.45, 2.75) is 11.3 Å². The second-order valence-electron chi connectivity index (χ2n) is 9.85. The number of nitrogens with zero attached hydrogens (tertiary/aromatic N) is 4. The molecule has 3 aromatic carbocycles. The maximum absolute atomic E-state index is 13.7. The summed E-state index contributed by atoms with van der Waals surface area (Å²) in [5, 5.41) is 24.5. The van der Waals surface area contributed by atoms with Crippen molar-refractivity contribution in [2.24, 2.45) is 0 Å². The number of alkyl halides is 1. The van der Waals surface area contributed by atoms with Gasteiger partial charge in [-0.2, -0.15) is 4.72 Å². The first-order valence-electron chi connectivity index (χ1n) is 12.6. The number of non-ortho nitro benzene ring substituents is 1. The van der Waals surface area contributed by atoms with Crippen LogP contribution in [0, 0.1) is 20.2 Å². The Morgan fingerprint density at radius 3 is 2.50 bits per heavy atom. The minimum absolute atomic E-state index is 0.114. The zero-order valence-electron chi connectivity index (χ0n) is 22.4. The molecule has 0 unspecified atom stereocenters. The Kier molecular flexibility index (Phi) is 7.76. The fraction of sp³-hybridized carbons (Fsp3) is 0.269. The number of fused-ring (bicyclic) bond motifs is 4. The largest absolute Gasteiger partial charge is 0.492 e. The Hall–Kier alpha value is -4.31. The summed E-state index contributed by atoms with van der Waals surface area (Å²) in [5.74, 6) is 0.187. The fourth-order valence-corrected chi connectivity index (χ4v) is 6.40. The predicted molar refractivity (Wildman–Crippen MR) is 156 cm³/mol. The van der Waals surface area contributed by atoms with Crippen molar-refractivity contribution in [2.75, 3.05) is 44.7 Å². The second-order valence-corrected chi connectivity index (χ2v) is 11.8. The number of H-pyrrole nitrogens is 1. The van der Waals surface area contributed by atoms with Crippen LogP contribution in [0.3, 0.4) is 0 Å². The van der Waals surface area contributed by atoms with Gasteiger partial charge in [-0.3, -0.25) is 25.0 Å². The minimum atomic E-state index is -4.42. The molecule has 220 valence electrons. The van der Waals surface area contributed by atoms with Crippen LogP contribution in [0.5, 0.6) is 5.75 Å². The Labute approximate surface area is 244 Å². The summed E-state index contributed by atoms with van der Waals surface area (Å²) >= 11 is 5.53. The normalized spacial score (nSPS) is 13.2. The molecule has 1 amide bonds. The lowest BCUT2D eigenvalue weighted by Crippen LogP contribution is -2.29. The highest BCUT2D eigenvalue weighted by Gasteiger charge is 2.35. The third-order valence-electron chi connectivity index (χ3n) is 6.96. The Balaban J connectivity index is 1.58. The van der Waals surface area contributed by atoms with Crippen molar-refractivity contribution in [3.05, 3.63) is 74.0 Å². The van der Waals surface area contributed by atoms with E-state index in [1.54, 1.807) is 24.3 Å². The quantitative estimate of drug-likeness (QED) is 0.116. The number of nitro benzene ring substituents is 2. The van der Waals surface area contributed by atoms with Crippen LogP contribution in [-0.4, -0.2) is 73.9 Å². The zero-order valence-corrected chi connectivity index (χ0v) is 24.0. The Bertz CT molecular complexity index is 1870. The average Bonchev–Trinajstić information content (AvgIpc) is 3.55. The van der Waals surface area contributed by atoms with Crippen LogP contribution in [0.4, 0.5) is 17.1 Å². The number of hydrogen-bond donors (Lipinski definition) is 2. The second kappa shape index (κ2) is 11.2. The van der Waals surface area contributed by atoms with E-state index in [0.717, 1.165) is 24.1 Å². The molecule has 42 heavy (non-hydrogen) atoms. The highest BCUT2D eigenvalue weighted by Crippen LogP contribution is 2.43. The van der Waals surface area contributed by atoms with Crippen LogP contribution in [0.25, 0.3) is 21.7 Å². The lowest BCUT2D eigenvalue weighted by molar-refractivity contribution is -0.388. The van der Waals surface area contributed by atoms with E-state index in [1.807, 2.05) is 23.7 Å². The highest BCUT2D eigenvalue weighted by atomic mass is 35.5. The number of aromatic amines is 1. The molecule has 0 aliphatic carbocycles. The smallest absolute Gasteiger partial charge is 0.290 e. The maximum Gasteiger partial charge on any atom is 0.290 e. The summed E-state index contributed by atoms with van der Waals surface area (Å²) in [6.07, 6.45) is 0.236. The van der Waals surface area contributed by atoms with Crippen LogP contribution in [0.1, 0.15) is 16.1 Å². The highest BCUT2D eigenvalue weighted by molar-refractivity contribution is 7.89. The van der Waals surface area contributed by atoms with E-state index in [-0.39, 0.29) is 35.1 Å². The van der Waals surface area contributed by atoms with Gasteiger partial charge in [-0.05, 0) is 61.8 Å². The van der Waals surface area contributed by atoms with Crippen molar-refractivity contribution >= 4 is 66.3 Å². The number of ether oxygens (including phenoxy) is 1. The van der Waals surface area contributed by atoms with Gasteiger partial charge in [0, 0.05) is 36.1 Å². The first-order valence-corrected chi connectivity index (χ1v) is 14.6. The molecule has 14 nitrogen and oxygen atoms in total. The van der Waals surface area contributed by atoms with Gasteiger partial charge in [0.1, 0.15) is 18.1 Å². The van der Waals surface area contributed by atoms with Gasteiger partial charge >= 0.3 is 0 Å². The number of hydrogen-bond acceptors (Lipinski definition) is 9. The molecule has 0 saturated carbocycles. The number of likely N-dealkylation sites (N-methyl/N-ethyl adjacent to an activating group) is 1. The Morgan fingerprint density at radius 2 is 1.83 bits per heavy atom. The van der Waals surface area contributed by atoms with Gasteiger partial charge in [-0.25, -0.2) is 8.42 Å². The van der Waals surface area contributed by atoms with E-state index in [4.69, 9.17) is 16.3 Å². The molecule has 5 rings (SSSR count). The first-order chi connectivity index (χ1) is 19.9. The number of rotatable bonds is 10. The lowest BCUT2D eigenvalue weighted by atomic mass is 10.00. The molecule has 1 aromatic heterocycles. The molecular weight excluding hydrogens is 592 g/mol. The average molecular weight is 617 g/mol. The fourth-order valence-electron chi connectivity index (χ4n) is 4.99. The summed E-state index contributed by atoms with van der Waals surface area (Å²) in [6, 6.07) is 9.59. The van der Waals surface area contributed by atoms with Gasteiger partial charge in [-0.15, -0.1) is 11.6 Å². The molecule has 2 N–H and O–H groups in total. The van der Waals surface area contributed by atoms with Gasteiger partial charge in [0.25, 0.3) is 17.3 Å². The van der Waals surface area contributed by atoms with Crippen molar-refractivity contribution in [3.63, 3.8) is 0 Å². The topological polar surface area (TPSA) is 181 Å². The van der Waals surface area contributed by atoms with Gasteiger partial charge in [0.05, 0.1) is 26.9 Å². The monoisotopic (exact) mass is 616 g/mol. The number of nitrogens with one attached hydrogen (secondary N) is 2. The molecule has 0 spiro atoms. The third kappa shape index (κ3) is 5.34. The van der Waals surface area contributed by atoms with Crippen molar-refractivity contribution < 1.29 is 27.8 Å². The van der Waals surface area contributed by atoms with E-state index in [2.05, 4.69) is 4.98 Å². The van der Waals surface area contributed by atoms with E-state index in [1.165, 1.54) is 11.0 Å². The summed E-state index contributed by atoms with van der Waals surface area (Å²) in [5.41, 5.74) is 0.261. The molecule has 16 heteroatoms. The van der Waals surface area contributed by atoms with Crippen LogP contribution in [0.15, 0.2) is 47.4 Å². The number of sulfonamides is 1. The summed E-state index contributed by atoms with van der Waals surface area (Å²) in [4.78, 5) is 41.6. The van der Waals surface area contributed by atoms with Gasteiger partial charge in [0.15, 0.2) is 4.90 Å². The summed E-state index contributed by atoms with van der Waals surface area (Å²) in [7, 11) is -0.544. The van der Waals surface area contributed by atoms with Crippen LogP contribution >= 0.6 is 11.6 Å². The van der Waals surface area contributed by atoms with Crippen LogP contribution in [0.2, 0.25) is 0 Å². The summed E-state index contributed by atoms with van der Waals surface area (Å²) in [6.45, 7) is 1.37. The predicted octanol–water partition coefficient (Wildman–Crippen LogP) is 3.76. The van der Waals surface area contributed by atoms with Crippen molar-refractivity contribution in [1.82, 2.24) is 14.6 Å². The number of carbonyl (C=O) groups excluding carboxylic acids is 1. The number of amides is 1. The number of carbonyl (C=O) groups is 1. The molecule has 2 heterocycles. The van der Waals surface area contributed by atoms with E-state index < -0.39 is 48.1 Å². The molecular formula is C26H25ClN6O8S. The van der Waals surface area contributed by atoms with Gasteiger partial charge in [-0.1, -0.05) is 0 Å². The van der Waals surface area contributed by atoms with Gasteiger partial charge in [0.2, 0.25) is 10.0 Å². The SMILES string of the molecule is CN(C)CCOc1ccc2[nH]c(C(=O)N3CCc4c3cc([N+](=O)[O-])c3cc([N+](=O)[O-])c(S(=O)(=O)NCCl)cc43)cc2c1. The van der Waals surface area contributed by atoms with E-state index >= 15 is 0 Å². The molecule has 0 atom stereocenters. The number of halogens is 1. The van der Waals surface area contributed by atoms with Crippen LogP contribution in [-0.2, 0) is 16.4 Å². The molecule has 0 bridgehead atoms. The number of aromatic nitrogens is 1. The molecule has 1 aliphatic rings. The third-order valence-corrected chi connectivity index (χ3v) is 8.68.